The van der Waals surface area contributed by atoms with Gasteiger partial charge in [-0.05, 0) is 30.9 Å². The summed E-state index contributed by atoms with van der Waals surface area (Å²) in [5, 5.41) is 0. The zero-order valence-corrected chi connectivity index (χ0v) is 19.6. The number of nitrogens with zero attached hydrogens (tertiary/aromatic N) is 1. The Bertz CT molecular complexity index is 631. The summed E-state index contributed by atoms with van der Waals surface area (Å²) in [5.74, 6) is 0. The SMILES string of the molecule is CCCCCCCCCc1ccccc1N(CCCCCCCCC)S(=O)(=O)O. The lowest BCUT2D eigenvalue weighted by Gasteiger charge is -2.23. The molecule has 0 fully saturated rings. The van der Waals surface area contributed by atoms with Crippen LogP contribution in [0.25, 0.3) is 0 Å². The highest BCUT2D eigenvalue weighted by atomic mass is 32.2. The zero-order chi connectivity index (χ0) is 21.4. The van der Waals surface area contributed by atoms with Crippen molar-refractivity contribution in [1.29, 1.82) is 0 Å². The van der Waals surface area contributed by atoms with Crippen molar-refractivity contribution >= 4 is 16.0 Å². The van der Waals surface area contributed by atoms with E-state index in [1.54, 1.807) is 0 Å². The molecule has 1 N–H and O–H groups in total. The first-order valence-electron chi connectivity index (χ1n) is 11.8. The molecule has 0 spiro atoms. The topological polar surface area (TPSA) is 57.6 Å². The van der Waals surface area contributed by atoms with Crippen LogP contribution in [-0.2, 0) is 16.7 Å². The lowest BCUT2D eigenvalue weighted by Crippen LogP contribution is -2.32. The monoisotopic (exact) mass is 425 g/mol. The van der Waals surface area contributed by atoms with Crippen molar-refractivity contribution in [2.75, 3.05) is 10.8 Å². The van der Waals surface area contributed by atoms with Crippen molar-refractivity contribution in [2.24, 2.45) is 0 Å². The standard InChI is InChI=1S/C24H43NO3S/c1-3-5-7-9-11-13-15-19-23-20-16-17-21-24(23)25(29(26,27)28)22-18-14-12-10-8-6-4-2/h16-17,20-21H,3-15,18-19,22H2,1-2H3,(H,26,27,28). The van der Waals surface area contributed by atoms with Crippen LogP contribution >= 0.6 is 0 Å². The molecule has 0 saturated heterocycles. The minimum absolute atomic E-state index is 0.348. The van der Waals surface area contributed by atoms with E-state index in [4.69, 9.17) is 0 Å². The van der Waals surface area contributed by atoms with Crippen LogP contribution < -0.4 is 4.31 Å². The Morgan fingerprint density at radius 1 is 0.724 bits per heavy atom. The van der Waals surface area contributed by atoms with Crippen LogP contribution in [0.1, 0.15) is 109 Å². The number of rotatable bonds is 18. The van der Waals surface area contributed by atoms with Crippen LogP contribution in [0.2, 0.25) is 0 Å². The van der Waals surface area contributed by atoms with Crippen LogP contribution in [0.3, 0.4) is 0 Å². The van der Waals surface area contributed by atoms with Crippen molar-refractivity contribution < 1.29 is 13.0 Å². The van der Waals surface area contributed by atoms with Crippen LogP contribution in [0, 0.1) is 0 Å². The van der Waals surface area contributed by atoms with Crippen molar-refractivity contribution in [3.05, 3.63) is 29.8 Å². The summed E-state index contributed by atoms with van der Waals surface area (Å²) >= 11 is 0. The maximum absolute atomic E-state index is 12.0. The zero-order valence-electron chi connectivity index (χ0n) is 18.7. The second-order valence-electron chi connectivity index (χ2n) is 8.17. The van der Waals surface area contributed by atoms with Gasteiger partial charge in [0.1, 0.15) is 0 Å². The molecule has 4 nitrogen and oxygen atoms in total. The molecule has 0 aliphatic carbocycles. The molecule has 0 aliphatic heterocycles. The van der Waals surface area contributed by atoms with Gasteiger partial charge in [-0.1, -0.05) is 109 Å². The molecule has 0 atom stereocenters. The molecule has 5 heteroatoms. The number of para-hydroxylation sites is 1. The van der Waals surface area contributed by atoms with Crippen molar-refractivity contribution in [3.8, 4) is 0 Å². The van der Waals surface area contributed by atoms with Gasteiger partial charge in [0.15, 0.2) is 0 Å². The van der Waals surface area contributed by atoms with E-state index in [0.29, 0.717) is 12.2 Å². The number of hydrogen-bond donors (Lipinski definition) is 1. The molecule has 168 valence electrons. The first-order valence-corrected chi connectivity index (χ1v) is 13.2. The maximum atomic E-state index is 12.0. The summed E-state index contributed by atoms with van der Waals surface area (Å²) < 4.78 is 35.1. The second kappa shape index (κ2) is 15.7. The van der Waals surface area contributed by atoms with Crippen molar-refractivity contribution in [1.82, 2.24) is 0 Å². The van der Waals surface area contributed by atoms with E-state index in [-0.39, 0.29) is 0 Å². The first kappa shape index (κ1) is 26.0. The summed E-state index contributed by atoms with van der Waals surface area (Å²) in [6.07, 6.45) is 17.3. The normalized spacial score (nSPS) is 11.7. The molecular weight excluding hydrogens is 382 g/mol. The van der Waals surface area contributed by atoms with Crippen LogP contribution in [0.5, 0.6) is 0 Å². The van der Waals surface area contributed by atoms with Gasteiger partial charge in [0.2, 0.25) is 0 Å². The summed E-state index contributed by atoms with van der Waals surface area (Å²) in [6.45, 7) is 4.78. The number of aryl methyl sites for hydroxylation is 1. The van der Waals surface area contributed by atoms with Crippen LogP contribution in [-0.4, -0.2) is 19.5 Å². The van der Waals surface area contributed by atoms with E-state index in [1.165, 1.54) is 68.5 Å². The molecule has 0 saturated carbocycles. The molecule has 0 aliphatic rings. The van der Waals surface area contributed by atoms with E-state index in [2.05, 4.69) is 13.8 Å². The molecular formula is C24H43NO3S. The Hall–Kier alpha value is -1.07. The number of unbranched alkanes of at least 4 members (excludes halogenated alkanes) is 12. The van der Waals surface area contributed by atoms with Gasteiger partial charge in [-0.25, -0.2) is 4.31 Å². The fourth-order valence-electron chi connectivity index (χ4n) is 3.81. The number of benzene rings is 1. The molecule has 29 heavy (non-hydrogen) atoms. The summed E-state index contributed by atoms with van der Waals surface area (Å²) in [7, 11) is -4.25. The van der Waals surface area contributed by atoms with Gasteiger partial charge >= 0.3 is 10.3 Å². The predicted octanol–water partition coefficient (Wildman–Crippen LogP) is 7.34. The van der Waals surface area contributed by atoms with Gasteiger partial charge in [-0.2, -0.15) is 8.42 Å². The average Bonchev–Trinajstić information content (AvgIpc) is 2.69. The Balaban J connectivity index is 2.56. The van der Waals surface area contributed by atoms with Gasteiger partial charge in [-0.15, -0.1) is 0 Å². The van der Waals surface area contributed by atoms with Crippen molar-refractivity contribution in [2.45, 2.75) is 110 Å². The third kappa shape index (κ3) is 11.6. The lowest BCUT2D eigenvalue weighted by molar-refractivity contribution is 0.475. The molecule has 1 aromatic carbocycles. The Labute approximate surface area is 180 Å². The van der Waals surface area contributed by atoms with Crippen LogP contribution in [0.15, 0.2) is 24.3 Å². The Morgan fingerprint density at radius 2 is 1.21 bits per heavy atom. The van der Waals surface area contributed by atoms with Gasteiger partial charge in [-0.3, -0.25) is 4.55 Å². The lowest BCUT2D eigenvalue weighted by atomic mass is 10.0. The van der Waals surface area contributed by atoms with Gasteiger partial charge < -0.3 is 0 Å². The van der Waals surface area contributed by atoms with E-state index in [1.807, 2.05) is 24.3 Å². The van der Waals surface area contributed by atoms with E-state index < -0.39 is 10.3 Å². The quantitative estimate of drug-likeness (QED) is 0.198. The minimum atomic E-state index is -4.25. The molecule has 0 radical (unpaired) electrons. The molecule has 1 aromatic rings. The smallest absolute Gasteiger partial charge is 0.269 e. The van der Waals surface area contributed by atoms with E-state index >= 15 is 0 Å². The van der Waals surface area contributed by atoms with Crippen LogP contribution in [0.4, 0.5) is 5.69 Å². The number of anilines is 1. The summed E-state index contributed by atoms with van der Waals surface area (Å²) in [5.41, 5.74) is 1.66. The highest BCUT2D eigenvalue weighted by Gasteiger charge is 2.21. The largest absolute Gasteiger partial charge is 0.359 e. The Morgan fingerprint density at radius 3 is 1.76 bits per heavy atom. The summed E-state index contributed by atoms with van der Waals surface area (Å²) in [4.78, 5) is 0. The molecule has 0 unspecified atom stereocenters. The van der Waals surface area contributed by atoms with E-state index in [9.17, 15) is 13.0 Å². The average molecular weight is 426 g/mol. The highest BCUT2D eigenvalue weighted by molar-refractivity contribution is 7.87. The molecule has 0 aromatic heterocycles. The highest BCUT2D eigenvalue weighted by Crippen LogP contribution is 2.25. The van der Waals surface area contributed by atoms with Crippen molar-refractivity contribution in [3.63, 3.8) is 0 Å². The van der Waals surface area contributed by atoms with Gasteiger partial charge in [0.05, 0.1) is 5.69 Å². The summed E-state index contributed by atoms with van der Waals surface area (Å²) in [6, 6.07) is 7.63. The van der Waals surface area contributed by atoms with Gasteiger partial charge in [0.25, 0.3) is 0 Å². The predicted molar refractivity (Wildman–Crippen MR) is 125 cm³/mol. The molecule has 0 heterocycles. The Kier molecular flexibility index (Phi) is 14.1. The second-order valence-corrected chi connectivity index (χ2v) is 9.51. The first-order chi connectivity index (χ1) is 14.0. The minimum Gasteiger partial charge on any atom is -0.269 e. The van der Waals surface area contributed by atoms with Gasteiger partial charge in [0, 0.05) is 6.54 Å². The fraction of sp³-hybridized carbons (Fsp3) is 0.750. The van der Waals surface area contributed by atoms with E-state index in [0.717, 1.165) is 37.7 Å². The molecule has 0 bridgehead atoms. The molecule has 0 amide bonds. The number of hydrogen-bond acceptors (Lipinski definition) is 2. The third-order valence-corrected chi connectivity index (χ3v) is 6.49. The molecule has 1 rings (SSSR count). The maximum Gasteiger partial charge on any atom is 0.359 e. The fourth-order valence-corrected chi connectivity index (χ4v) is 4.60. The third-order valence-electron chi connectivity index (χ3n) is 5.55.